The molecule has 0 bridgehead atoms. The Morgan fingerprint density at radius 2 is 2.29 bits per heavy atom. The summed E-state index contributed by atoms with van der Waals surface area (Å²) >= 11 is 0. The summed E-state index contributed by atoms with van der Waals surface area (Å²) in [4.78, 5) is 8.39. The first kappa shape index (κ1) is 10.4. The highest BCUT2D eigenvalue weighted by Gasteiger charge is 2.47. The van der Waals surface area contributed by atoms with Crippen molar-refractivity contribution in [2.45, 2.75) is 19.1 Å². The molecule has 0 spiro atoms. The molecule has 0 N–H and O–H groups in total. The molecule has 17 heavy (non-hydrogen) atoms. The smallest absolute Gasteiger partial charge is 0.116 e. The minimum absolute atomic E-state index is 0.209. The van der Waals surface area contributed by atoms with Crippen molar-refractivity contribution in [3.8, 4) is 0 Å². The van der Waals surface area contributed by atoms with Gasteiger partial charge in [-0.05, 0) is 30.2 Å². The van der Waals surface area contributed by atoms with E-state index in [1.807, 2.05) is 18.3 Å². The Labute approximate surface area is 101 Å². The van der Waals surface area contributed by atoms with Crippen LogP contribution in [0.4, 0.5) is 0 Å². The lowest BCUT2D eigenvalue weighted by Crippen LogP contribution is -2.06. The van der Waals surface area contributed by atoms with E-state index in [2.05, 4.69) is 29.0 Å². The zero-order valence-electron chi connectivity index (χ0n) is 9.92. The summed E-state index contributed by atoms with van der Waals surface area (Å²) in [5, 5.41) is 0. The van der Waals surface area contributed by atoms with Gasteiger partial charge in [0.2, 0.25) is 0 Å². The Kier molecular flexibility index (Phi) is 2.41. The molecule has 0 aromatic carbocycles. The van der Waals surface area contributed by atoms with E-state index in [0.29, 0.717) is 0 Å². The maximum absolute atomic E-state index is 5.72. The van der Waals surface area contributed by atoms with Gasteiger partial charge in [0.25, 0.3) is 0 Å². The van der Waals surface area contributed by atoms with Crippen LogP contribution in [0.25, 0.3) is 5.57 Å². The Morgan fingerprint density at radius 1 is 1.41 bits per heavy atom. The molecule has 2 atom stereocenters. The largest absolute Gasteiger partial charge is 0.359 e. The van der Waals surface area contributed by atoms with Crippen molar-refractivity contribution in [2.24, 2.45) is 4.99 Å². The van der Waals surface area contributed by atoms with E-state index in [1.54, 1.807) is 13.3 Å². The van der Waals surface area contributed by atoms with Crippen LogP contribution in [0.1, 0.15) is 24.3 Å². The van der Waals surface area contributed by atoms with Gasteiger partial charge in [-0.25, -0.2) is 0 Å². The number of pyridine rings is 1. The number of fused-ring (bicyclic) bond motifs is 3. The summed E-state index contributed by atoms with van der Waals surface area (Å²) < 4.78 is 5.72. The van der Waals surface area contributed by atoms with Crippen LogP contribution in [0.3, 0.4) is 0 Å². The predicted octanol–water partition coefficient (Wildman–Crippen LogP) is 2.57. The third kappa shape index (κ3) is 1.63. The molecule has 86 valence electrons. The van der Waals surface area contributed by atoms with Crippen molar-refractivity contribution in [3.63, 3.8) is 0 Å². The van der Waals surface area contributed by atoms with E-state index in [-0.39, 0.29) is 12.2 Å². The average molecular weight is 226 g/mol. The summed E-state index contributed by atoms with van der Waals surface area (Å²) in [5.41, 5.74) is 4.72. The summed E-state index contributed by atoms with van der Waals surface area (Å²) in [6.45, 7) is 2.10. The number of allylic oxidation sites excluding steroid dienone is 2. The van der Waals surface area contributed by atoms with E-state index in [9.17, 15) is 0 Å². The Balaban J connectivity index is 2.05. The number of hydrogen-bond donors (Lipinski definition) is 0. The first-order valence-electron chi connectivity index (χ1n) is 5.73. The van der Waals surface area contributed by atoms with Crippen molar-refractivity contribution >= 4 is 11.8 Å². The number of epoxide rings is 1. The number of aliphatic imine (C=N–C) groups is 1. The molecule has 3 rings (SSSR count). The average Bonchev–Trinajstić information content (AvgIpc) is 3.14. The molecule has 0 saturated carbocycles. The predicted molar refractivity (Wildman–Crippen MR) is 68.0 cm³/mol. The quantitative estimate of drug-likeness (QED) is 0.574. The van der Waals surface area contributed by atoms with E-state index in [0.717, 1.165) is 5.69 Å². The number of ether oxygens (including phenoxy) is 1. The fraction of sp³-hybridized carbons (Fsp3) is 0.286. The van der Waals surface area contributed by atoms with Gasteiger partial charge in [-0.15, -0.1) is 0 Å². The molecule has 1 aliphatic carbocycles. The second-order valence-electron chi connectivity index (χ2n) is 4.27. The molecule has 1 fully saturated rings. The van der Waals surface area contributed by atoms with Crippen molar-refractivity contribution in [3.05, 3.63) is 47.3 Å². The molecule has 3 heteroatoms. The lowest BCUT2D eigenvalue weighted by atomic mass is 9.90. The lowest BCUT2D eigenvalue weighted by molar-refractivity contribution is 0.392. The fourth-order valence-electron chi connectivity index (χ4n) is 2.35. The van der Waals surface area contributed by atoms with E-state index < -0.39 is 0 Å². The minimum atomic E-state index is 0.209. The Morgan fingerprint density at radius 3 is 3.12 bits per heavy atom. The second kappa shape index (κ2) is 3.93. The van der Waals surface area contributed by atoms with E-state index >= 15 is 0 Å². The van der Waals surface area contributed by atoms with Crippen LogP contribution in [0.5, 0.6) is 0 Å². The zero-order valence-corrected chi connectivity index (χ0v) is 9.92. The summed E-state index contributed by atoms with van der Waals surface area (Å²) in [7, 11) is 1.76. The van der Waals surface area contributed by atoms with Crippen LogP contribution in [0, 0.1) is 0 Å². The van der Waals surface area contributed by atoms with Gasteiger partial charge in [0.05, 0.1) is 5.69 Å². The third-order valence-corrected chi connectivity index (χ3v) is 3.24. The monoisotopic (exact) mass is 226 g/mol. The molecule has 2 heterocycles. The highest BCUT2D eigenvalue weighted by Crippen LogP contribution is 2.51. The standard InChI is InChI=1S/C14H14N2O/c1-9-10(5-3-7-15-2)13-14(17-13)11-6-4-8-16-12(9)11/h3-8,13-14H,1-2H3/b5-3-,15-7?. The van der Waals surface area contributed by atoms with Crippen LogP contribution >= 0.6 is 0 Å². The van der Waals surface area contributed by atoms with Crippen LogP contribution in [0.15, 0.2) is 41.0 Å². The normalized spacial score (nSPS) is 26.5. The molecule has 0 radical (unpaired) electrons. The molecule has 1 saturated heterocycles. The third-order valence-electron chi connectivity index (χ3n) is 3.24. The first-order valence-corrected chi connectivity index (χ1v) is 5.73. The van der Waals surface area contributed by atoms with Crippen LogP contribution in [-0.2, 0) is 4.74 Å². The maximum atomic E-state index is 5.72. The van der Waals surface area contributed by atoms with Crippen LogP contribution in [-0.4, -0.2) is 24.4 Å². The molecule has 2 aliphatic rings. The fourth-order valence-corrected chi connectivity index (χ4v) is 2.35. The summed E-state index contributed by atoms with van der Waals surface area (Å²) in [6.07, 6.45) is 8.07. The van der Waals surface area contributed by atoms with Crippen LogP contribution in [0.2, 0.25) is 0 Å². The van der Waals surface area contributed by atoms with Gasteiger partial charge in [0.1, 0.15) is 12.2 Å². The first-order chi connectivity index (χ1) is 8.33. The van der Waals surface area contributed by atoms with Gasteiger partial charge in [-0.3, -0.25) is 9.98 Å². The Hall–Kier alpha value is -1.74. The molecule has 1 aliphatic heterocycles. The van der Waals surface area contributed by atoms with Gasteiger partial charge in [-0.2, -0.15) is 0 Å². The van der Waals surface area contributed by atoms with Gasteiger partial charge in [-0.1, -0.05) is 12.1 Å². The molecular formula is C14H14N2O. The molecule has 3 nitrogen and oxygen atoms in total. The topological polar surface area (TPSA) is 37.8 Å². The van der Waals surface area contributed by atoms with Crippen molar-refractivity contribution in [1.82, 2.24) is 4.98 Å². The van der Waals surface area contributed by atoms with Gasteiger partial charge in [0.15, 0.2) is 0 Å². The number of nitrogens with zero attached hydrogens (tertiary/aromatic N) is 2. The zero-order chi connectivity index (χ0) is 11.8. The summed E-state index contributed by atoms with van der Waals surface area (Å²) in [6, 6.07) is 4.07. The van der Waals surface area contributed by atoms with Crippen molar-refractivity contribution in [2.75, 3.05) is 7.05 Å². The molecule has 1 aromatic rings. The lowest BCUT2D eigenvalue weighted by Gasteiger charge is -2.14. The van der Waals surface area contributed by atoms with E-state index in [1.165, 1.54) is 16.7 Å². The second-order valence-corrected chi connectivity index (χ2v) is 4.27. The molecule has 2 unspecified atom stereocenters. The number of rotatable bonds is 2. The van der Waals surface area contributed by atoms with Crippen molar-refractivity contribution in [1.29, 1.82) is 0 Å². The summed E-state index contributed by atoms with van der Waals surface area (Å²) in [5.74, 6) is 0. The maximum Gasteiger partial charge on any atom is 0.116 e. The minimum Gasteiger partial charge on any atom is -0.359 e. The Bertz CT molecular complexity index is 543. The van der Waals surface area contributed by atoms with Crippen LogP contribution < -0.4 is 0 Å². The van der Waals surface area contributed by atoms with Gasteiger partial charge in [0, 0.05) is 25.0 Å². The molecule has 1 aromatic heterocycles. The highest BCUT2D eigenvalue weighted by molar-refractivity contribution is 5.78. The van der Waals surface area contributed by atoms with Gasteiger partial charge < -0.3 is 4.74 Å². The molecule has 0 amide bonds. The number of aromatic nitrogens is 1. The number of hydrogen-bond acceptors (Lipinski definition) is 3. The molecular weight excluding hydrogens is 212 g/mol. The van der Waals surface area contributed by atoms with E-state index in [4.69, 9.17) is 4.74 Å². The highest BCUT2D eigenvalue weighted by atomic mass is 16.6. The SMILES string of the molecule is CN=C/C=C\C1=C(C)c2ncccc2C2OC12. The van der Waals surface area contributed by atoms with Gasteiger partial charge >= 0.3 is 0 Å². The van der Waals surface area contributed by atoms with Crippen molar-refractivity contribution < 1.29 is 4.74 Å².